The molecule has 0 unspecified atom stereocenters. The van der Waals surface area contributed by atoms with Gasteiger partial charge in [-0.3, -0.25) is 4.79 Å². The van der Waals surface area contributed by atoms with Crippen LogP contribution in [0.2, 0.25) is 0 Å². The monoisotopic (exact) mass is 368 g/mol. The van der Waals surface area contributed by atoms with Gasteiger partial charge >= 0.3 is 0 Å². The third kappa shape index (κ3) is 3.44. The third-order valence-corrected chi connectivity index (χ3v) is 5.18. The first-order valence-corrected chi connectivity index (χ1v) is 10.0. The zero-order valence-corrected chi connectivity index (χ0v) is 16.4. The first-order chi connectivity index (χ1) is 12.6. The van der Waals surface area contributed by atoms with Crippen LogP contribution in [-0.2, 0) is 6.54 Å². The van der Waals surface area contributed by atoms with Crippen molar-refractivity contribution in [2.45, 2.75) is 32.2 Å². The van der Waals surface area contributed by atoms with E-state index in [2.05, 4.69) is 16.8 Å². The Bertz CT molecular complexity index is 947. The third-order valence-electron chi connectivity index (χ3n) is 4.46. The fourth-order valence-corrected chi connectivity index (χ4v) is 3.73. The largest absolute Gasteiger partial charge is 0.494 e. The van der Waals surface area contributed by atoms with Crippen LogP contribution in [0.25, 0.3) is 10.9 Å². The van der Waals surface area contributed by atoms with E-state index in [4.69, 9.17) is 4.74 Å². The Morgan fingerprint density at radius 1 is 1.19 bits per heavy atom. The Hall–Kier alpha value is -2.40. The molecule has 1 N–H and O–H groups in total. The molecular formula is C21H24N2O2S. The van der Waals surface area contributed by atoms with Crippen LogP contribution in [0.5, 0.6) is 5.75 Å². The van der Waals surface area contributed by atoms with Gasteiger partial charge in [-0.15, -0.1) is 11.8 Å². The first-order valence-electron chi connectivity index (χ1n) is 8.80. The highest BCUT2D eigenvalue weighted by Gasteiger charge is 2.20. The summed E-state index contributed by atoms with van der Waals surface area (Å²) in [6.07, 6.45) is 2.02. The van der Waals surface area contributed by atoms with Gasteiger partial charge in [-0.05, 0) is 69.0 Å². The average Bonchev–Trinajstić information content (AvgIpc) is 2.94. The van der Waals surface area contributed by atoms with Gasteiger partial charge in [-0.2, -0.15) is 0 Å². The maximum Gasteiger partial charge on any atom is 0.272 e. The first kappa shape index (κ1) is 18.4. The molecule has 0 aliphatic heterocycles. The highest BCUT2D eigenvalue weighted by molar-refractivity contribution is 7.98. The molecule has 4 nitrogen and oxygen atoms in total. The normalized spacial score (nSPS) is 10.9. The molecule has 0 radical (unpaired) electrons. The molecule has 1 heterocycles. The van der Waals surface area contributed by atoms with Crippen molar-refractivity contribution < 1.29 is 9.53 Å². The van der Waals surface area contributed by atoms with Crippen molar-refractivity contribution in [1.82, 2.24) is 4.57 Å². The van der Waals surface area contributed by atoms with Crippen molar-refractivity contribution in [3.05, 3.63) is 53.7 Å². The van der Waals surface area contributed by atoms with Gasteiger partial charge in [0.1, 0.15) is 11.4 Å². The lowest BCUT2D eigenvalue weighted by Crippen LogP contribution is -2.17. The van der Waals surface area contributed by atoms with Gasteiger partial charge in [0.2, 0.25) is 0 Å². The van der Waals surface area contributed by atoms with Crippen LogP contribution in [0.15, 0.2) is 47.4 Å². The van der Waals surface area contributed by atoms with E-state index >= 15 is 0 Å². The second kappa shape index (κ2) is 7.87. The molecule has 1 aromatic heterocycles. The number of aromatic nitrogens is 1. The van der Waals surface area contributed by atoms with Crippen molar-refractivity contribution in [1.29, 1.82) is 0 Å². The molecule has 0 fully saturated rings. The number of aryl methyl sites for hydroxylation is 2. The Morgan fingerprint density at radius 2 is 2.00 bits per heavy atom. The molecule has 1 amide bonds. The van der Waals surface area contributed by atoms with Crippen LogP contribution in [0, 0.1) is 6.92 Å². The van der Waals surface area contributed by atoms with Gasteiger partial charge in [-0.1, -0.05) is 6.07 Å². The molecule has 5 heteroatoms. The summed E-state index contributed by atoms with van der Waals surface area (Å²) < 4.78 is 7.68. The van der Waals surface area contributed by atoms with Gasteiger partial charge in [0.25, 0.3) is 5.91 Å². The second-order valence-electron chi connectivity index (χ2n) is 6.02. The van der Waals surface area contributed by atoms with E-state index in [1.54, 1.807) is 11.8 Å². The lowest BCUT2D eigenvalue weighted by Gasteiger charge is -2.10. The molecule has 136 valence electrons. The molecule has 3 aromatic rings. The summed E-state index contributed by atoms with van der Waals surface area (Å²) in [5.74, 6) is 0.743. The minimum atomic E-state index is -0.0863. The van der Waals surface area contributed by atoms with E-state index in [9.17, 15) is 4.79 Å². The molecule has 0 aliphatic rings. The van der Waals surface area contributed by atoms with Crippen molar-refractivity contribution in [3.8, 4) is 5.75 Å². The standard InChI is InChI=1S/C21H24N2O2S/c1-5-23-19-11-10-16(25-6-2)13-18(19)14(3)20(23)21(24)22-15-8-7-9-17(12-15)26-4/h7-13H,5-6H2,1-4H3,(H,22,24). The van der Waals surface area contributed by atoms with Crippen LogP contribution in [0.1, 0.15) is 29.9 Å². The van der Waals surface area contributed by atoms with Crippen molar-refractivity contribution in [2.24, 2.45) is 0 Å². The number of thioether (sulfide) groups is 1. The molecule has 0 atom stereocenters. The number of rotatable bonds is 6. The molecular weight excluding hydrogens is 344 g/mol. The highest BCUT2D eigenvalue weighted by atomic mass is 32.2. The van der Waals surface area contributed by atoms with E-state index in [1.807, 2.05) is 62.6 Å². The van der Waals surface area contributed by atoms with Crippen LogP contribution >= 0.6 is 11.8 Å². The maximum absolute atomic E-state index is 13.0. The van der Waals surface area contributed by atoms with E-state index in [1.165, 1.54) is 0 Å². The van der Waals surface area contributed by atoms with Crippen LogP contribution in [-0.4, -0.2) is 23.3 Å². The number of carbonyl (C=O) groups excluding carboxylic acids is 1. The van der Waals surface area contributed by atoms with Gasteiger partial charge in [0.05, 0.1) is 6.61 Å². The Morgan fingerprint density at radius 3 is 2.69 bits per heavy atom. The summed E-state index contributed by atoms with van der Waals surface area (Å²) in [5.41, 5.74) is 3.54. The van der Waals surface area contributed by atoms with Gasteiger partial charge in [0, 0.05) is 28.0 Å². The number of hydrogen-bond acceptors (Lipinski definition) is 3. The van der Waals surface area contributed by atoms with Gasteiger partial charge < -0.3 is 14.6 Å². The number of anilines is 1. The van der Waals surface area contributed by atoms with Crippen LogP contribution < -0.4 is 10.1 Å². The predicted octanol–water partition coefficient (Wildman–Crippen LogP) is 5.34. The average molecular weight is 369 g/mol. The summed E-state index contributed by atoms with van der Waals surface area (Å²) in [6.45, 7) is 7.37. The van der Waals surface area contributed by atoms with E-state index in [0.717, 1.165) is 39.3 Å². The summed E-state index contributed by atoms with van der Waals surface area (Å²) in [6, 6.07) is 13.9. The summed E-state index contributed by atoms with van der Waals surface area (Å²) >= 11 is 1.66. The lowest BCUT2D eigenvalue weighted by atomic mass is 10.1. The minimum absolute atomic E-state index is 0.0863. The quantitative estimate of drug-likeness (QED) is 0.597. The number of nitrogens with one attached hydrogen (secondary N) is 1. The number of carbonyl (C=O) groups is 1. The second-order valence-corrected chi connectivity index (χ2v) is 6.90. The summed E-state index contributed by atoms with van der Waals surface area (Å²) in [4.78, 5) is 14.1. The van der Waals surface area contributed by atoms with Crippen molar-refractivity contribution in [3.63, 3.8) is 0 Å². The Balaban J connectivity index is 2.02. The fraction of sp³-hybridized carbons (Fsp3) is 0.286. The summed E-state index contributed by atoms with van der Waals surface area (Å²) in [7, 11) is 0. The molecule has 0 aliphatic carbocycles. The lowest BCUT2D eigenvalue weighted by molar-refractivity contribution is 0.101. The minimum Gasteiger partial charge on any atom is -0.494 e. The molecule has 2 aromatic carbocycles. The Labute approximate surface area is 158 Å². The number of benzene rings is 2. The molecule has 0 bridgehead atoms. The molecule has 0 saturated heterocycles. The smallest absolute Gasteiger partial charge is 0.272 e. The molecule has 26 heavy (non-hydrogen) atoms. The van der Waals surface area contributed by atoms with Crippen LogP contribution in [0.3, 0.4) is 0 Å². The molecule has 3 rings (SSSR count). The maximum atomic E-state index is 13.0. The zero-order chi connectivity index (χ0) is 18.7. The van der Waals surface area contributed by atoms with Gasteiger partial charge in [-0.25, -0.2) is 0 Å². The number of fused-ring (bicyclic) bond motifs is 1. The van der Waals surface area contributed by atoms with Crippen molar-refractivity contribution in [2.75, 3.05) is 18.2 Å². The SMILES string of the molecule is CCOc1ccc2c(c1)c(C)c(C(=O)Nc1cccc(SC)c1)n2CC. The molecule has 0 saturated carbocycles. The van der Waals surface area contributed by atoms with E-state index in [0.29, 0.717) is 12.3 Å². The number of ether oxygens (including phenoxy) is 1. The topological polar surface area (TPSA) is 43.3 Å². The van der Waals surface area contributed by atoms with E-state index in [-0.39, 0.29) is 5.91 Å². The zero-order valence-electron chi connectivity index (χ0n) is 15.6. The number of hydrogen-bond donors (Lipinski definition) is 1. The molecule has 0 spiro atoms. The fourth-order valence-electron chi connectivity index (χ4n) is 3.27. The highest BCUT2D eigenvalue weighted by Crippen LogP contribution is 2.30. The predicted molar refractivity (Wildman–Crippen MR) is 110 cm³/mol. The van der Waals surface area contributed by atoms with Gasteiger partial charge in [0.15, 0.2) is 0 Å². The van der Waals surface area contributed by atoms with Crippen LogP contribution in [0.4, 0.5) is 5.69 Å². The van der Waals surface area contributed by atoms with Crippen molar-refractivity contribution >= 4 is 34.3 Å². The Kier molecular flexibility index (Phi) is 5.57. The number of amides is 1. The number of nitrogens with zero attached hydrogens (tertiary/aromatic N) is 1. The van der Waals surface area contributed by atoms with E-state index < -0.39 is 0 Å². The summed E-state index contributed by atoms with van der Waals surface area (Å²) in [5, 5.41) is 4.10.